The minimum absolute atomic E-state index is 0.0220. The number of carbonyl (C=O) groups excluding carboxylic acids is 3. The highest BCUT2D eigenvalue weighted by Crippen LogP contribution is 2.46. The topological polar surface area (TPSA) is 395 Å². The zero-order valence-electron chi connectivity index (χ0n) is 82.5. The Morgan fingerprint density at radius 2 is 1.36 bits per heavy atom. The maximum atomic E-state index is 13.1. The summed E-state index contributed by atoms with van der Waals surface area (Å²) in [6.45, 7) is 24.8. The van der Waals surface area contributed by atoms with Gasteiger partial charge in [-0.1, -0.05) is 105 Å². The summed E-state index contributed by atoms with van der Waals surface area (Å²) in [7, 11) is 15.7. The first-order chi connectivity index (χ1) is 67.0. The van der Waals surface area contributed by atoms with Crippen molar-refractivity contribution in [3.63, 3.8) is 0 Å². The zero-order chi connectivity index (χ0) is 99.4. The molecule has 35 heteroatoms. The maximum Gasteiger partial charge on any atom is 0.338 e. The molecule has 0 bridgehead atoms. The summed E-state index contributed by atoms with van der Waals surface area (Å²) in [6.07, 6.45) is 6.89. The number of nitrogens with zero attached hydrogens (tertiary/aromatic N) is 11. The molecule has 7 aliphatic heterocycles. The van der Waals surface area contributed by atoms with Gasteiger partial charge in [-0.2, -0.15) is 5.10 Å². The van der Waals surface area contributed by atoms with Crippen molar-refractivity contribution in [1.29, 1.82) is 10.8 Å². The molecule has 3 aromatic heterocycles. The number of aromatic nitrogens is 5. The van der Waals surface area contributed by atoms with Gasteiger partial charge in [-0.3, -0.25) is 54.3 Å². The number of aliphatic hydroxyl groups is 1. The number of β-amino-alcohol motifs (C(OH)–C–C–N with tert-alkyl or cyclic N) is 1. The van der Waals surface area contributed by atoms with Crippen LogP contribution in [0.4, 0.5) is 0 Å². The number of nitrogens with two attached hydrogens (primary N) is 1. The van der Waals surface area contributed by atoms with Crippen molar-refractivity contribution in [2.45, 2.75) is 129 Å². The van der Waals surface area contributed by atoms with Crippen LogP contribution in [0, 0.1) is 24.7 Å². The number of halogens is 1. The average molecular weight is 1930 g/mol. The van der Waals surface area contributed by atoms with E-state index in [9.17, 15) is 29.1 Å². The summed E-state index contributed by atoms with van der Waals surface area (Å²) in [5, 5.41) is 43.0. The molecule has 0 radical (unpaired) electrons. The Morgan fingerprint density at radius 1 is 0.698 bits per heavy atom. The van der Waals surface area contributed by atoms with E-state index in [1.54, 1.807) is 83.2 Å². The van der Waals surface area contributed by atoms with E-state index in [0.29, 0.717) is 114 Å². The highest BCUT2D eigenvalue weighted by atomic mass is 35.5. The highest BCUT2D eigenvalue weighted by molar-refractivity contribution is 6.30. The molecule has 7 aromatic carbocycles. The number of unbranched alkanes of at least 4 members (excludes halogenated alkanes) is 3. The van der Waals surface area contributed by atoms with Gasteiger partial charge in [-0.25, -0.2) is 9.78 Å². The first-order valence-corrected chi connectivity index (χ1v) is 48.1. The Kier molecular flexibility index (Phi) is 38.7. The number of hydrogen-bond donors (Lipinski definition) is 8. The second-order valence-corrected chi connectivity index (χ2v) is 36.4. The molecule has 0 aliphatic carbocycles. The predicted octanol–water partition coefficient (Wildman–Crippen LogP) is 11.6. The number of ketones is 1. The van der Waals surface area contributed by atoms with E-state index in [4.69, 9.17) is 85.6 Å². The Morgan fingerprint density at radius 3 is 2.02 bits per heavy atom. The molecule has 17 rings (SSSR count). The van der Waals surface area contributed by atoms with Crippen molar-refractivity contribution >= 4 is 68.8 Å². The van der Waals surface area contributed by atoms with Gasteiger partial charge in [0.15, 0.2) is 51.4 Å². The number of amides is 2. The molecule has 0 saturated carbocycles. The van der Waals surface area contributed by atoms with E-state index < -0.39 is 23.7 Å². The fourth-order valence-corrected chi connectivity index (χ4v) is 18.0. The number of aliphatic hydroxyl groups excluding tert-OH is 1. The Bertz CT molecular complexity index is 5830. The first kappa shape index (κ1) is 106. The van der Waals surface area contributed by atoms with E-state index >= 15 is 0 Å². The number of H-pyrrole nitrogens is 2. The van der Waals surface area contributed by atoms with Crippen molar-refractivity contribution in [2.24, 2.45) is 12.8 Å². The number of aryl methyl sites for hydroxylation is 4. The van der Waals surface area contributed by atoms with Crippen LogP contribution in [0.3, 0.4) is 0 Å². The number of likely N-dealkylation sites (N-methyl/N-ethyl adjacent to an activating group) is 2. The van der Waals surface area contributed by atoms with Gasteiger partial charge in [0.05, 0.1) is 90.9 Å². The molecule has 748 valence electrons. The van der Waals surface area contributed by atoms with Gasteiger partial charge in [0, 0.05) is 166 Å². The number of benzene rings is 7. The monoisotopic (exact) mass is 1930 g/mol. The summed E-state index contributed by atoms with van der Waals surface area (Å²) in [4.78, 5) is 90.4. The number of fused-ring (bicyclic) bond motifs is 6. The molecule has 10 aromatic rings. The number of rotatable bonds is 34. The van der Waals surface area contributed by atoms with Gasteiger partial charge < -0.3 is 98.2 Å². The Hall–Kier alpha value is -12.4. The molecule has 10 heterocycles. The van der Waals surface area contributed by atoms with Crippen LogP contribution >= 0.6 is 11.6 Å². The number of carboxylic acid groups (broad SMARTS) is 1. The lowest BCUT2D eigenvalue weighted by Gasteiger charge is -2.46. The normalized spacial score (nSPS) is 17.6. The fourth-order valence-electron chi connectivity index (χ4n) is 17.8. The number of ether oxygens (including phenoxy) is 10. The number of aliphatic carboxylic acids is 1. The smallest absolute Gasteiger partial charge is 0.338 e. The lowest BCUT2D eigenvalue weighted by Crippen LogP contribution is -2.62. The number of methoxy groups -OCH3 is 4. The third-order valence-electron chi connectivity index (χ3n) is 25.6. The predicted molar refractivity (Wildman–Crippen MR) is 538 cm³/mol. The quantitative estimate of drug-likeness (QED) is 0.00803. The van der Waals surface area contributed by atoms with Crippen molar-refractivity contribution in [2.75, 3.05) is 188 Å². The molecule has 139 heavy (non-hydrogen) atoms. The van der Waals surface area contributed by atoms with Crippen LogP contribution in [0.25, 0.3) is 33.3 Å². The highest BCUT2D eigenvalue weighted by Gasteiger charge is 2.52. The van der Waals surface area contributed by atoms with E-state index in [2.05, 4.69) is 103 Å². The van der Waals surface area contributed by atoms with Crippen LogP contribution in [-0.2, 0) is 63.3 Å². The van der Waals surface area contributed by atoms with Gasteiger partial charge in [0.2, 0.25) is 24.4 Å². The Balaban J connectivity index is 0.000000154. The second kappa shape index (κ2) is 51.0. The molecule has 9 N–H and O–H groups in total. The van der Waals surface area contributed by atoms with Gasteiger partial charge in [-0.05, 0) is 160 Å². The summed E-state index contributed by atoms with van der Waals surface area (Å²) < 4.78 is 56.3. The molecule has 7 aliphatic rings. The van der Waals surface area contributed by atoms with Crippen molar-refractivity contribution < 1.29 is 76.8 Å². The van der Waals surface area contributed by atoms with Gasteiger partial charge in [0.25, 0.3) is 5.56 Å². The summed E-state index contributed by atoms with van der Waals surface area (Å²) >= 11 is 5.79. The molecular weight excluding hydrogens is 1790 g/mol. The van der Waals surface area contributed by atoms with E-state index in [1.807, 2.05) is 104 Å². The van der Waals surface area contributed by atoms with Crippen LogP contribution in [0.5, 0.6) is 51.7 Å². The van der Waals surface area contributed by atoms with E-state index in [-0.39, 0.29) is 61.4 Å². The van der Waals surface area contributed by atoms with Crippen LogP contribution in [0.1, 0.15) is 115 Å². The summed E-state index contributed by atoms with van der Waals surface area (Å²) in [5.74, 6) is 6.62. The van der Waals surface area contributed by atoms with Crippen LogP contribution in [0.15, 0.2) is 144 Å². The summed E-state index contributed by atoms with van der Waals surface area (Å²) in [5.41, 5.74) is 16.7. The number of piperazine rings is 4. The molecule has 5 saturated heterocycles. The average Bonchev–Trinajstić information content (AvgIpc) is 1.55. The van der Waals surface area contributed by atoms with Crippen molar-refractivity contribution in [1.82, 2.24) is 69.2 Å². The van der Waals surface area contributed by atoms with Gasteiger partial charge >= 0.3 is 5.97 Å². The Labute approximate surface area is 819 Å². The number of nitrogens with one attached hydrogen (secondary N) is 5. The number of epoxide rings is 1. The fraction of sp³-hybridized carbons (Fsp3) is 0.471. The summed E-state index contributed by atoms with van der Waals surface area (Å²) in [6, 6.07) is 44.0. The zero-order valence-corrected chi connectivity index (χ0v) is 83.3. The minimum Gasteiger partial charge on any atom is -0.494 e. The van der Waals surface area contributed by atoms with Crippen LogP contribution in [-0.4, -0.2) is 315 Å². The second-order valence-electron chi connectivity index (χ2n) is 36.0. The van der Waals surface area contributed by atoms with Crippen LogP contribution < -0.4 is 59.2 Å². The minimum atomic E-state index is -0.861. The third-order valence-corrected chi connectivity index (χ3v) is 25.8. The number of para-hydroxylation sites is 3. The lowest BCUT2D eigenvalue weighted by atomic mass is 9.86. The number of amidine groups is 2. The third kappa shape index (κ3) is 28.5. The largest absolute Gasteiger partial charge is 0.494 e. The number of carboxylic acids is 1. The number of aromatic amines is 2. The van der Waals surface area contributed by atoms with Crippen molar-refractivity contribution in [3.05, 3.63) is 205 Å². The molecule has 2 amide bonds. The molecule has 0 spiro atoms. The molecule has 5 fully saturated rings. The number of hydrogen-bond acceptors (Lipinski definition) is 26. The first-order valence-electron chi connectivity index (χ1n) is 47.7. The van der Waals surface area contributed by atoms with Gasteiger partial charge in [0.1, 0.15) is 47.4 Å². The maximum absolute atomic E-state index is 13.1. The van der Waals surface area contributed by atoms with E-state index in [1.165, 1.54) is 21.6 Å². The molecular formula is C104H138ClN17O17. The standard InChI is InChI=1S/C25H34N2O4.C23H32N6O2.C22H19N3O4.C15H19ClO4.C14H22N2O3.C5H12N4/c1-19-7-6-8-20(2)23(19)15-21(28)16-26-11-13-27(14-12-26)17-22(29)18-31-25-10-5-4-9-24(25)30-3;1-5-7-18-20-21(28(4)26-18)23(30)25-22(24-20)17-14-16(8-9-19(17)31-6-2)15-29-12-10-27(3)11-13-29;1-24-10-19(26)25-16(22(24)27)9-14-13-4-2-3-5-15(13)23-20(14)21(25)12-6-7-17-18(8-12)29-11-28-17;16-12-5-7-13(8-6-12)19-10-4-2-1-3-9-15(11-20-15)14(17)18;1-17-12-5-4-11(13(18-2)14(12)19-3)10-16-8-6-15-7-9-16;1-9(2)5(8)3-4(6)7/h4-10,22,29H,11-18H2,1-3H3;8-9,14H,5-7,10-13,15H2,1-4H3,(H,24,25,30);2-8,16,21,23H,9-11H2,1H3;5-8H,1-4,9-11H2,(H,17,18);4-5,15H,6-10H2,1-3H3;8H,3H2,1-2H3,(H3,6,7)/t;;16-,21-;15-;;/m..11../s1. The van der Waals surface area contributed by atoms with Crippen molar-refractivity contribution in [3.8, 4) is 63.1 Å². The molecule has 34 nitrogen and oxygen atoms in total. The van der Waals surface area contributed by atoms with Crippen LogP contribution in [0.2, 0.25) is 5.02 Å². The molecule has 1 unspecified atom stereocenters. The van der Waals surface area contributed by atoms with Gasteiger partial charge in [-0.15, -0.1) is 0 Å². The SMILES string of the molecule is CCCc1nn(C)c2c(=O)[nH]c(-c3cc(CN4CCN(C)CC4)ccc3OCC)nc12.CN(C)C(=N)CC(=N)N.CN1CC(=O)N2[C@H](c3ccc4c(c3)OCO4)c3[nH]c4ccccc4c3C[C@@H]2C1=O.COc1ccc(CN2CCNCC2)c(OC)c1OC.COc1ccccc1OCC(O)CN1CCN(CC(=O)Cc2c(C)cccc2C)CC1.O=C(O)[C@@]1(CCCCCCOc2ccc(Cl)cc2)CO1. The molecule has 4 atom stereocenters. The lowest BCUT2D eigenvalue weighted by molar-refractivity contribution is -0.157. The van der Waals surface area contributed by atoms with E-state index in [0.717, 1.165) is 198 Å². The number of Topliss-reactive ketones (excluding diaryl/α,β-unsaturated/α-hetero) is 1. The number of carbonyl (C=O) groups is 4.